The molecule has 0 spiro atoms. The number of carbonyl (C=O) groups excluding carboxylic acids is 3. The van der Waals surface area contributed by atoms with E-state index in [2.05, 4.69) is 5.32 Å². The molecule has 256 valence electrons. The number of carboxylic acid groups (broad SMARTS) is 1. The van der Waals surface area contributed by atoms with Crippen molar-refractivity contribution in [2.75, 3.05) is 47.0 Å². The molecule has 13 nitrogen and oxygen atoms in total. The summed E-state index contributed by atoms with van der Waals surface area (Å²) in [6.45, 7) is 8.89. The number of methoxy groups -OCH3 is 2. The monoisotopic (exact) mass is 655 g/mol. The van der Waals surface area contributed by atoms with Crippen LogP contribution < -0.4 is 14.8 Å². The van der Waals surface area contributed by atoms with Gasteiger partial charge in [0.2, 0.25) is 0 Å². The number of nitrogens with one attached hydrogen (secondary N) is 1. The molecule has 47 heavy (non-hydrogen) atoms. The highest BCUT2D eigenvalue weighted by molar-refractivity contribution is 5.89. The summed E-state index contributed by atoms with van der Waals surface area (Å²) in [5.41, 5.74) is 1.19. The van der Waals surface area contributed by atoms with Gasteiger partial charge in [-0.3, -0.25) is 4.79 Å². The first-order valence-corrected chi connectivity index (χ1v) is 15.6. The van der Waals surface area contributed by atoms with Crippen LogP contribution in [0.5, 0.6) is 11.5 Å². The van der Waals surface area contributed by atoms with Crippen LogP contribution in [-0.4, -0.2) is 103 Å². The van der Waals surface area contributed by atoms with Crippen molar-refractivity contribution in [3.63, 3.8) is 0 Å². The second-order valence-corrected chi connectivity index (χ2v) is 12.8. The summed E-state index contributed by atoms with van der Waals surface area (Å²) in [7, 11) is 3.06. The summed E-state index contributed by atoms with van der Waals surface area (Å²) in [5, 5.41) is 12.4. The van der Waals surface area contributed by atoms with E-state index < -0.39 is 41.3 Å². The van der Waals surface area contributed by atoms with Crippen LogP contribution in [0.25, 0.3) is 11.1 Å². The number of amides is 3. The lowest BCUT2D eigenvalue weighted by Crippen LogP contribution is -2.51. The Morgan fingerprint density at radius 1 is 0.936 bits per heavy atom. The summed E-state index contributed by atoms with van der Waals surface area (Å²) in [5.74, 6) is -0.573. The average molecular weight is 656 g/mol. The molecule has 1 unspecified atom stereocenters. The number of rotatable bonds is 10. The summed E-state index contributed by atoms with van der Waals surface area (Å²) < 4.78 is 27.9. The van der Waals surface area contributed by atoms with Crippen LogP contribution in [0.3, 0.4) is 0 Å². The average Bonchev–Trinajstić information content (AvgIpc) is 3.50. The van der Waals surface area contributed by atoms with Gasteiger partial charge in [-0.2, -0.15) is 0 Å². The Kier molecular flexibility index (Phi) is 11.2. The van der Waals surface area contributed by atoms with E-state index in [1.54, 1.807) is 41.0 Å². The first-order chi connectivity index (χ1) is 22.2. The largest absolute Gasteiger partial charge is 0.496 e. The van der Waals surface area contributed by atoms with Gasteiger partial charge in [0.25, 0.3) is 5.91 Å². The molecule has 2 aliphatic heterocycles. The molecule has 2 aliphatic rings. The quantitative estimate of drug-likeness (QED) is 0.380. The van der Waals surface area contributed by atoms with Gasteiger partial charge in [-0.15, -0.1) is 0 Å². The molecule has 2 aromatic rings. The fraction of sp³-hybridized carbons (Fsp3) is 0.529. The molecule has 2 aromatic carbocycles. The Morgan fingerprint density at radius 2 is 1.51 bits per heavy atom. The number of nitrogens with zero attached hydrogens (tertiary/aromatic N) is 2. The second-order valence-electron chi connectivity index (χ2n) is 12.8. The van der Waals surface area contributed by atoms with Crippen molar-refractivity contribution in [1.29, 1.82) is 0 Å². The maximum atomic E-state index is 12.8. The molecule has 2 N–H and O–H groups in total. The van der Waals surface area contributed by atoms with Crippen LogP contribution in [-0.2, 0) is 36.8 Å². The van der Waals surface area contributed by atoms with Gasteiger partial charge in [0, 0.05) is 39.2 Å². The van der Waals surface area contributed by atoms with Crippen LogP contribution in [0.2, 0.25) is 0 Å². The van der Waals surface area contributed by atoms with Gasteiger partial charge in [0.15, 0.2) is 0 Å². The standard InChI is InChI=1S/C34H45N3O10/c1-33(2,3)47-32(42)37-15-13-36(14-16-37)31(41)45-21-23-19-26(43-5)28(27(20-23)44-6)24-10-8-22(9-11-24)18-25(29(38)39)35-30(40)34(4)12-7-17-46-34/h8-11,19-20,25H,7,12-18,21H2,1-6H3,(H,35,40)(H,38,39)/t25-,34?/m0/s1. The summed E-state index contributed by atoms with van der Waals surface area (Å²) >= 11 is 0. The molecule has 2 fully saturated rings. The van der Waals surface area contributed by atoms with Gasteiger partial charge < -0.3 is 43.9 Å². The van der Waals surface area contributed by atoms with Crippen molar-refractivity contribution in [1.82, 2.24) is 15.1 Å². The minimum Gasteiger partial charge on any atom is -0.496 e. The Balaban J connectivity index is 1.39. The summed E-state index contributed by atoms with van der Waals surface area (Å²) in [6, 6.07) is 9.66. The molecule has 0 radical (unpaired) electrons. The van der Waals surface area contributed by atoms with Crippen molar-refractivity contribution >= 4 is 24.1 Å². The molecule has 0 bridgehead atoms. The Bertz CT molecular complexity index is 1410. The van der Waals surface area contributed by atoms with E-state index in [0.717, 1.165) is 12.0 Å². The molecule has 4 rings (SSSR count). The van der Waals surface area contributed by atoms with Crippen LogP contribution in [0.15, 0.2) is 36.4 Å². The van der Waals surface area contributed by atoms with E-state index in [-0.39, 0.29) is 13.0 Å². The Hall–Kier alpha value is -4.52. The van der Waals surface area contributed by atoms with Gasteiger partial charge in [0.05, 0.1) is 19.8 Å². The third kappa shape index (κ3) is 9.06. The first-order valence-electron chi connectivity index (χ1n) is 15.6. The van der Waals surface area contributed by atoms with E-state index in [9.17, 15) is 24.3 Å². The summed E-state index contributed by atoms with van der Waals surface area (Å²) in [4.78, 5) is 53.0. The topological polar surface area (TPSA) is 153 Å². The van der Waals surface area contributed by atoms with E-state index >= 15 is 0 Å². The Morgan fingerprint density at radius 3 is 2.00 bits per heavy atom. The van der Waals surface area contributed by atoms with E-state index in [4.69, 9.17) is 23.7 Å². The summed E-state index contributed by atoms with van der Waals surface area (Å²) in [6.07, 6.45) is 0.480. The van der Waals surface area contributed by atoms with Crippen molar-refractivity contribution in [3.8, 4) is 22.6 Å². The SMILES string of the molecule is COc1cc(COC(=O)N2CCN(C(=O)OC(C)(C)C)CC2)cc(OC)c1-c1ccc(C[C@H](NC(=O)C2(C)CCCO2)C(=O)O)cc1. The molecule has 0 saturated carbocycles. The van der Waals surface area contributed by atoms with Gasteiger partial charge in [0.1, 0.15) is 35.3 Å². The third-order valence-corrected chi connectivity index (χ3v) is 8.10. The molecule has 2 atom stereocenters. The number of carboxylic acids is 1. The highest BCUT2D eigenvalue weighted by Gasteiger charge is 2.39. The lowest BCUT2D eigenvalue weighted by Gasteiger charge is -2.35. The van der Waals surface area contributed by atoms with Crippen LogP contribution in [0.4, 0.5) is 9.59 Å². The molecular weight excluding hydrogens is 610 g/mol. The lowest BCUT2D eigenvalue weighted by molar-refractivity contribution is -0.147. The van der Waals surface area contributed by atoms with Crippen molar-refractivity contribution in [2.45, 2.75) is 70.8 Å². The zero-order chi connectivity index (χ0) is 34.4. The maximum absolute atomic E-state index is 12.8. The highest BCUT2D eigenvalue weighted by Crippen LogP contribution is 2.40. The normalized spacial score (nSPS) is 18.7. The Labute approximate surface area is 275 Å². The van der Waals surface area contributed by atoms with E-state index in [1.165, 1.54) is 14.2 Å². The lowest BCUT2D eigenvalue weighted by atomic mass is 9.97. The number of benzene rings is 2. The minimum atomic E-state index is -1.13. The molecule has 3 amide bonds. The maximum Gasteiger partial charge on any atom is 0.410 e. The van der Waals surface area contributed by atoms with Crippen molar-refractivity contribution in [2.24, 2.45) is 0 Å². The number of hydrogen-bond acceptors (Lipinski definition) is 9. The molecule has 0 aromatic heterocycles. The predicted octanol–water partition coefficient (Wildman–Crippen LogP) is 4.24. The number of carbonyl (C=O) groups is 4. The highest BCUT2D eigenvalue weighted by atomic mass is 16.6. The van der Waals surface area contributed by atoms with Crippen LogP contribution >= 0.6 is 0 Å². The van der Waals surface area contributed by atoms with Crippen LogP contribution in [0.1, 0.15) is 51.7 Å². The number of hydrogen-bond donors (Lipinski definition) is 2. The first kappa shape index (κ1) is 35.3. The third-order valence-electron chi connectivity index (χ3n) is 8.10. The fourth-order valence-electron chi connectivity index (χ4n) is 5.48. The van der Waals surface area contributed by atoms with Crippen molar-refractivity contribution in [3.05, 3.63) is 47.5 Å². The van der Waals surface area contributed by atoms with Gasteiger partial charge in [-0.05, 0) is 69.4 Å². The molecule has 0 aliphatic carbocycles. The van der Waals surface area contributed by atoms with Crippen LogP contribution in [0, 0.1) is 0 Å². The predicted molar refractivity (Wildman–Crippen MR) is 171 cm³/mol. The zero-order valence-electron chi connectivity index (χ0n) is 27.9. The number of ether oxygens (including phenoxy) is 5. The molecule has 2 heterocycles. The zero-order valence-corrected chi connectivity index (χ0v) is 27.9. The van der Waals surface area contributed by atoms with Gasteiger partial charge in [-0.25, -0.2) is 14.4 Å². The number of aliphatic carboxylic acids is 1. The molecular formula is C34H45N3O10. The molecule has 13 heteroatoms. The van der Waals surface area contributed by atoms with Gasteiger partial charge in [-0.1, -0.05) is 24.3 Å². The smallest absolute Gasteiger partial charge is 0.410 e. The number of piperazine rings is 1. The molecule has 2 saturated heterocycles. The van der Waals surface area contributed by atoms with Gasteiger partial charge >= 0.3 is 18.2 Å². The van der Waals surface area contributed by atoms with E-state index in [1.807, 2.05) is 32.9 Å². The van der Waals surface area contributed by atoms with Crippen molar-refractivity contribution < 1.29 is 48.0 Å². The fourth-order valence-corrected chi connectivity index (χ4v) is 5.48. The van der Waals surface area contributed by atoms with E-state index in [0.29, 0.717) is 67.4 Å². The minimum absolute atomic E-state index is 0.0244. The second kappa shape index (κ2) is 14.9.